The molecule has 2 N–H and O–H groups in total. The molecule has 0 fully saturated rings. The fraction of sp³-hybridized carbons (Fsp3) is 0.263. The van der Waals surface area contributed by atoms with Gasteiger partial charge in [0.25, 0.3) is 0 Å². The second-order valence-electron chi connectivity index (χ2n) is 6.16. The highest BCUT2D eigenvalue weighted by Crippen LogP contribution is 2.29. The molecule has 5 nitrogen and oxygen atoms in total. The van der Waals surface area contributed by atoms with Gasteiger partial charge in [-0.3, -0.25) is 14.5 Å². The molecule has 0 spiro atoms. The lowest BCUT2D eigenvalue weighted by molar-refractivity contribution is -0.119. The molecule has 0 heterocycles. The summed E-state index contributed by atoms with van der Waals surface area (Å²) in [6.07, 6.45) is 0. The van der Waals surface area contributed by atoms with Crippen molar-refractivity contribution in [2.45, 2.75) is 13.8 Å². The molecule has 0 saturated heterocycles. The molecule has 0 saturated carbocycles. The summed E-state index contributed by atoms with van der Waals surface area (Å²) >= 11 is 12.1. The summed E-state index contributed by atoms with van der Waals surface area (Å²) in [5.74, 6) is -0.499. The average molecular weight is 394 g/mol. The van der Waals surface area contributed by atoms with Gasteiger partial charge in [0, 0.05) is 5.69 Å². The monoisotopic (exact) mass is 393 g/mol. The number of carbonyl (C=O) groups is 2. The maximum atomic E-state index is 12.1. The first-order valence-electron chi connectivity index (χ1n) is 8.06. The van der Waals surface area contributed by atoms with Gasteiger partial charge >= 0.3 is 0 Å². The molecule has 0 aromatic heterocycles. The molecule has 2 aromatic rings. The van der Waals surface area contributed by atoms with E-state index in [4.69, 9.17) is 23.2 Å². The van der Waals surface area contributed by atoms with Crippen LogP contribution in [-0.4, -0.2) is 36.9 Å². The Morgan fingerprint density at radius 3 is 2.08 bits per heavy atom. The summed E-state index contributed by atoms with van der Waals surface area (Å²) in [6.45, 7) is 4.11. The molecule has 0 atom stereocenters. The Balaban J connectivity index is 1.87. The number of para-hydroxylation sites is 1. The van der Waals surface area contributed by atoms with Gasteiger partial charge in [-0.05, 0) is 56.3 Å². The van der Waals surface area contributed by atoms with Crippen molar-refractivity contribution in [3.63, 3.8) is 0 Å². The highest BCUT2D eigenvalue weighted by atomic mass is 35.5. The summed E-state index contributed by atoms with van der Waals surface area (Å²) in [4.78, 5) is 25.9. The molecular formula is C19H21Cl2N3O2. The second kappa shape index (κ2) is 9.03. The Labute approximate surface area is 163 Å². The fourth-order valence-electron chi connectivity index (χ4n) is 2.36. The van der Waals surface area contributed by atoms with Crippen LogP contribution in [0.1, 0.15) is 11.1 Å². The molecule has 0 aliphatic rings. The molecule has 0 aliphatic carbocycles. The zero-order valence-electron chi connectivity index (χ0n) is 14.9. The number of nitrogens with zero attached hydrogens (tertiary/aromatic N) is 1. The van der Waals surface area contributed by atoms with E-state index in [1.807, 2.05) is 32.0 Å². The first-order chi connectivity index (χ1) is 12.3. The Kier molecular flexibility index (Phi) is 7.03. The molecule has 2 aromatic carbocycles. The highest BCUT2D eigenvalue weighted by molar-refractivity contribution is 6.39. The van der Waals surface area contributed by atoms with Crippen molar-refractivity contribution in [2.24, 2.45) is 0 Å². The lowest BCUT2D eigenvalue weighted by Gasteiger charge is -2.17. The summed E-state index contributed by atoms with van der Waals surface area (Å²) in [5, 5.41) is 6.22. The highest BCUT2D eigenvalue weighted by Gasteiger charge is 2.14. The van der Waals surface area contributed by atoms with Crippen molar-refractivity contribution >= 4 is 46.4 Å². The molecule has 2 rings (SSSR count). The van der Waals surface area contributed by atoms with Crippen molar-refractivity contribution in [1.29, 1.82) is 0 Å². The van der Waals surface area contributed by atoms with Crippen molar-refractivity contribution in [2.75, 3.05) is 30.8 Å². The van der Waals surface area contributed by atoms with Crippen LogP contribution in [0.4, 0.5) is 11.4 Å². The maximum absolute atomic E-state index is 12.1. The third kappa shape index (κ3) is 5.73. The predicted octanol–water partition coefficient (Wildman–Crippen LogP) is 4.12. The van der Waals surface area contributed by atoms with Gasteiger partial charge in [0.1, 0.15) is 0 Å². The van der Waals surface area contributed by atoms with Crippen LogP contribution in [0.15, 0.2) is 36.4 Å². The number of benzene rings is 2. The minimum absolute atomic E-state index is 0.0297. The predicted molar refractivity (Wildman–Crippen MR) is 107 cm³/mol. The van der Waals surface area contributed by atoms with E-state index in [0.29, 0.717) is 15.7 Å². The first-order valence-corrected chi connectivity index (χ1v) is 8.81. The van der Waals surface area contributed by atoms with Crippen molar-refractivity contribution in [1.82, 2.24) is 4.90 Å². The number of halogens is 2. The number of nitrogens with one attached hydrogen (secondary N) is 2. The van der Waals surface area contributed by atoms with E-state index in [1.54, 1.807) is 30.1 Å². The molecule has 0 bridgehead atoms. The van der Waals surface area contributed by atoms with Gasteiger partial charge in [-0.2, -0.15) is 0 Å². The average Bonchev–Trinajstić information content (AvgIpc) is 2.54. The molecule has 0 aliphatic heterocycles. The number of likely N-dealkylation sites (N-methyl/N-ethyl adjacent to an activating group) is 1. The number of anilines is 2. The van der Waals surface area contributed by atoms with Crippen LogP contribution in [0.5, 0.6) is 0 Å². The number of hydrogen-bond acceptors (Lipinski definition) is 3. The third-order valence-corrected chi connectivity index (χ3v) is 4.47. The summed E-state index contributed by atoms with van der Waals surface area (Å²) in [6, 6.07) is 10.7. The van der Waals surface area contributed by atoms with E-state index in [9.17, 15) is 9.59 Å². The number of hydrogen-bond donors (Lipinski definition) is 2. The smallest absolute Gasteiger partial charge is 0.238 e. The van der Waals surface area contributed by atoms with E-state index >= 15 is 0 Å². The minimum Gasteiger partial charge on any atom is -0.325 e. The topological polar surface area (TPSA) is 61.4 Å². The molecule has 0 unspecified atom stereocenters. The van der Waals surface area contributed by atoms with Gasteiger partial charge in [0.2, 0.25) is 11.8 Å². The number of carbonyl (C=O) groups excluding carboxylic acids is 2. The van der Waals surface area contributed by atoms with Crippen LogP contribution in [0.2, 0.25) is 10.0 Å². The summed E-state index contributed by atoms with van der Waals surface area (Å²) in [5.41, 5.74) is 3.37. The third-order valence-electron chi connectivity index (χ3n) is 3.84. The minimum atomic E-state index is -0.304. The fourth-order valence-corrected chi connectivity index (χ4v) is 2.85. The van der Waals surface area contributed by atoms with Gasteiger partial charge < -0.3 is 10.6 Å². The van der Waals surface area contributed by atoms with Crippen LogP contribution in [0.3, 0.4) is 0 Å². The Morgan fingerprint density at radius 2 is 1.50 bits per heavy atom. The van der Waals surface area contributed by atoms with Gasteiger partial charge in [0.05, 0.1) is 28.8 Å². The van der Waals surface area contributed by atoms with Crippen molar-refractivity contribution < 1.29 is 9.59 Å². The SMILES string of the molecule is Cc1ccc(NC(=O)CN(C)CC(=O)Nc2c(Cl)cccc2Cl)cc1C. The van der Waals surface area contributed by atoms with E-state index in [1.165, 1.54) is 0 Å². The Hall–Kier alpha value is -2.08. The number of rotatable bonds is 6. The molecule has 7 heteroatoms. The zero-order valence-corrected chi connectivity index (χ0v) is 16.4. The van der Waals surface area contributed by atoms with Crippen molar-refractivity contribution in [3.8, 4) is 0 Å². The Bertz CT molecular complexity index is 804. The van der Waals surface area contributed by atoms with E-state index in [-0.39, 0.29) is 24.9 Å². The van der Waals surface area contributed by atoms with Crippen LogP contribution in [0.25, 0.3) is 0 Å². The summed E-state index contributed by atoms with van der Waals surface area (Å²) < 4.78 is 0. The molecule has 138 valence electrons. The van der Waals surface area contributed by atoms with Gasteiger partial charge in [-0.25, -0.2) is 0 Å². The largest absolute Gasteiger partial charge is 0.325 e. The Morgan fingerprint density at radius 1 is 0.923 bits per heavy atom. The van der Waals surface area contributed by atoms with E-state index < -0.39 is 0 Å². The molecular weight excluding hydrogens is 373 g/mol. The van der Waals surface area contributed by atoms with Gasteiger partial charge in [0.15, 0.2) is 0 Å². The molecule has 26 heavy (non-hydrogen) atoms. The maximum Gasteiger partial charge on any atom is 0.238 e. The van der Waals surface area contributed by atoms with Crippen LogP contribution < -0.4 is 10.6 Å². The second-order valence-corrected chi connectivity index (χ2v) is 6.98. The lowest BCUT2D eigenvalue weighted by atomic mass is 10.1. The van der Waals surface area contributed by atoms with Crippen LogP contribution in [-0.2, 0) is 9.59 Å². The molecule has 2 amide bonds. The molecule has 0 radical (unpaired) electrons. The van der Waals surface area contributed by atoms with Gasteiger partial charge in [-0.1, -0.05) is 35.3 Å². The number of amides is 2. The van der Waals surface area contributed by atoms with Crippen molar-refractivity contribution in [3.05, 3.63) is 57.6 Å². The summed E-state index contributed by atoms with van der Waals surface area (Å²) in [7, 11) is 1.69. The lowest BCUT2D eigenvalue weighted by Crippen LogP contribution is -2.36. The van der Waals surface area contributed by atoms with Crippen LogP contribution in [0, 0.1) is 13.8 Å². The van der Waals surface area contributed by atoms with Gasteiger partial charge in [-0.15, -0.1) is 0 Å². The quantitative estimate of drug-likeness (QED) is 0.775. The zero-order chi connectivity index (χ0) is 19.3. The van der Waals surface area contributed by atoms with Crippen LogP contribution >= 0.6 is 23.2 Å². The van der Waals surface area contributed by atoms with E-state index in [2.05, 4.69) is 10.6 Å². The first kappa shape index (κ1) is 20.2. The standard InChI is InChI=1S/C19H21Cl2N3O2/c1-12-7-8-14(9-13(12)2)22-17(25)10-24(3)11-18(26)23-19-15(20)5-4-6-16(19)21/h4-9H,10-11H2,1-3H3,(H,22,25)(H,23,26). The van der Waals surface area contributed by atoms with E-state index in [0.717, 1.165) is 16.8 Å². The number of aryl methyl sites for hydroxylation is 2. The normalized spacial score (nSPS) is 10.7.